The summed E-state index contributed by atoms with van der Waals surface area (Å²) in [6.45, 7) is 2.19. The van der Waals surface area contributed by atoms with Gasteiger partial charge in [0.25, 0.3) is 0 Å². The largest absolute Gasteiger partial charge is 0.497 e. The van der Waals surface area contributed by atoms with E-state index in [1.807, 2.05) is 24.3 Å². The van der Waals surface area contributed by atoms with Gasteiger partial charge in [-0.25, -0.2) is 0 Å². The lowest BCUT2D eigenvalue weighted by molar-refractivity contribution is 0.415. The van der Waals surface area contributed by atoms with Crippen LogP contribution >= 0.6 is 11.3 Å². The van der Waals surface area contributed by atoms with Crippen LogP contribution in [0.5, 0.6) is 5.75 Å². The Morgan fingerprint density at radius 1 is 1.18 bits per heavy atom. The lowest BCUT2D eigenvalue weighted by Gasteiger charge is -1.99. The summed E-state index contributed by atoms with van der Waals surface area (Å²) < 4.78 is 5.13. The number of hydrogen-bond acceptors (Lipinski definition) is 4. The van der Waals surface area contributed by atoms with Crippen LogP contribution < -0.4 is 4.74 Å². The van der Waals surface area contributed by atoms with Gasteiger partial charge in [0.15, 0.2) is 0 Å². The fourth-order valence-corrected chi connectivity index (χ4v) is 2.42. The van der Waals surface area contributed by atoms with Crippen molar-refractivity contribution in [2.75, 3.05) is 7.11 Å². The van der Waals surface area contributed by atoms with Crippen molar-refractivity contribution in [3.8, 4) is 16.3 Å². The van der Waals surface area contributed by atoms with E-state index in [-0.39, 0.29) is 0 Å². The van der Waals surface area contributed by atoms with Gasteiger partial charge >= 0.3 is 0 Å². The van der Waals surface area contributed by atoms with Crippen LogP contribution in [0, 0.1) is 0 Å². The molecular formula is C13H16N2OS. The van der Waals surface area contributed by atoms with Gasteiger partial charge in [-0.2, -0.15) is 0 Å². The summed E-state index contributed by atoms with van der Waals surface area (Å²) in [4.78, 5) is 0. The average Bonchev–Trinajstić information content (AvgIpc) is 2.85. The third kappa shape index (κ3) is 3.03. The molecule has 0 fully saturated rings. The van der Waals surface area contributed by atoms with Gasteiger partial charge < -0.3 is 4.74 Å². The lowest BCUT2D eigenvalue weighted by atomic mass is 10.2. The third-order valence-corrected chi connectivity index (χ3v) is 3.58. The number of benzene rings is 1. The molecule has 0 N–H and O–H groups in total. The maximum absolute atomic E-state index is 5.13. The van der Waals surface area contributed by atoms with Crippen molar-refractivity contribution in [2.24, 2.45) is 0 Å². The van der Waals surface area contributed by atoms with Crippen molar-refractivity contribution >= 4 is 11.3 Å². The van der Waals surface area contributed by atoms with Gasteiger partial charge in [-0.1, -0.05) is 24.7 Å². The molecule has 0 saturated carbocycles. The molecule has 0 unspecified atom stereocenters. The second kappa shape index (κ2) is 5.77. The highest BCUT2D eigenvalue weighted by atomic mass is 32.1. The number of aromatic nitrogens is 2. The maximum Gasteiger partial charge on any atom is 0.147 e. The van der Waals surface area contributed by atoms with Gasteiger partial charge in [0.1, 0.15) is 15.8 Å². The maximum atomic E-state index is 5.13. The number of aryl methyl sites for hydroxylation is 1. The van der Waals surface area contributed by atoms with Crippen LogP contribution in [0.2, 0.25) is 0 Å². The van der Waals surface area contributed by atoms with Crippen molar-refractivity contribution in [2.45, 2.75) is 26.2 Å². The molecule has 0 radical (unpaired) electrons. The molecule has 1 heterocycles. The average molecular weight is 248 g/mol. The van der Waals surface area contributed by atoms with Crippen LogP contribution in [0.25, 0.3) is 10.6 Å². The number of nitrogens with zero attached hydrogens (tertiary/aromatic N) is 2. The number of methoxy groups -OCH3 is 1. The fourth-order valence-electron chi connectivity index (χ4n) is 1.53. The summed E-state index contributed by atoms with van der Waals surface area (Å²) in [5, 5.41) is 10.5. The highest BCUT2D eigenvalue weighted by Gasteiger charge is 2.06. The summed E-state index contributed by atoms with van der Waals surface area (Å²) in [6.07, 6.45) is 3.40. The van der Waals surface area contributed by atoms with Gasteiger partial charge in [-0.15, -0.1) is 10.2 Å². The topological polar surface area (TPSA) is 35.0 Å². The summed E-state index contributed by atoms with van der Waals surface area (Å²) in [6, 6.07) is 7.93. The Morgan fingerprint density at radius 2 is 1.94 bits per heavy atom. The van der Waals surface area contributed by atoms with E-state index in [1.165, 1.54) is 12.8 Å². The first-order valence-corrected chi connectivity index (χ1v) is 6.62. The van der Waals surface area contributed by atoms with E-state index in [2.05, 4.69) is 17.1 Å². The van der Waals surface area contributed by atoms with Crippen molar-refractivity contribution in [1.82, 2.24) is 10.2 Å². The van der Waals surface area contributed by atoms with Crippen molar-refractivity contribution in [1.29, 1.82) is 0 Å². The first-order chi connectivity index (χ1) is 8.33. The van der Waals surface area contributed by atoms with Crippen LogP contribution in [0.1, 0.15) is 24.8 Å². The molecule has 0 spiro atoms. The molecule has 3 nitrogen and oxygen atoms in total. The molecule has 90 valence electrons. The molecular weight excluding hydrogens is 232 g/mol. The Bertz CT molecular complexity index is 465. The Morgan fingerprint density at radius 3 is 2.59 bits per heavy atom. The normalized spacial score (nSPS) is 10.5. The van der Waals surface area contributed by atoms with E-state index in [1.54, 1.807) is 18.4 Å². The van der Waals surface area contributed by atoms with Gasteiger partial charge in [-0.05, 0) is 30.7 Å². The molecule has 2 aromatic rings. The predicted molar refractivity (Wildman–Crippen MR) is 70.5 cm³/mol. The minimum atomic E-state index is 0.865. The highest BCUT2D eigenvalue weighted by molar-refractivity contribution is 7.14. The van der Waals surface area contributed by atoms with Gasteiger partial charge in [0.2, 0.25) is 0 Å². The second-order valence-corrected chi connectivity index (χ2v) is 4.90. The minimum Gasteiger partial charge on any atom is -0.497 e. The van der Waals surface area contributed by atoms with Gasteiger partial charge in [-0.3, -0.25) is 0 Å². The lowest BCUT2D eigenvalue weighted by Crippen LogP contribution is -1.82. The molecule has 1 aromatic carbocycles. The molecule has 0 bridgehead atoms. The standard InChI is InChI=1S/C13H16N2OS/c1-3-4-5-12-14-15-13(17-12)10-6-8-11(16-2)9-7-10/h6-9H,3-5H2,1-2H3. The fraction of sp³-hybridized carbons (Fsp3) is 0.385. The van der Waals surface area contributed by atoms with Crippen LogP contribution in [0.15, 0.2) is 24.3 Å². The number of ether oxygens (including phenoxy) is 1. The second-order valence-electron chi connectivity index (χ2n) is 3.83. The Hall–Kier alpha value is -1.42. The molecule has 4 heteroatoms. The third-order valence-electron chi connectivity index (χ3n) is 2.55. The summed E-state index contributed by atoms with van der Waals surface area (Å²) in [5.74, 6) is 0.865. The van der Waals surface area contributed by atoms with Crippen LogP contribution in [0.3, 0.4) is 0 Å². The SMILES string of the molecule is CCCCc1nnc(-c2ccc(OC)cc2)s1. The summed E-state index contributed by atoms with van der Waals surface area (Å²) in [7, 11) is 1.67. The van der Waals surface area contributed by atoms with Gasteiger partial charge in [0.05, 0.1) is 7.11 Å². The quantitative estimate of drug-likeness (QED) is 0.811. The Labute approximate surface area is 105 Å². The monoisotopic (exact) mass is 248 g/mol. The predicted octanol–water partition coefficient (Wildman–Crippen LogP) is 3.56. The highest BCUT2D eigenvalue weighted by Crippen LogP contribution is 2.25. The van der Waals surface area contributed by atoms with Gasteiger partial charge in [0, 0.05) is 12.0 Å². The molecule has 17 heavy (non-hydrogen) atoms. The summed E-state index contributed by atoms with van der Waals surface area (Å²) >= 11 is 1.68. The molecule has 0 aliphatic heterocycles. The molecule has 1 aromatic heterocycles. The van der Waals surface area contributed by atoms with Crippen LogP contribution in [0.4, 0.5) is 0 Å². The van der Waals surface area contributed by atoms with E-state index >= 15 is 0 Å². The number of hydrogen-bond donors (Lipinski definition) is 0. The van der Waals surface area contributed by atoms with E-state index in [9.17, 15) is 0 Å². The summed E-state index contributed by atoms with van der Waals surface area (Å²) in [5.41, 5.74) is 1.10. The molecule has 0 atom stereocenters. The first-order valence-electron chi connectivity index (χ1n) is 5.80. The van der Waals surface area contributed by atoms with Crippen LogP contribution in [-0.2, 0) is 6.42 Å². The van der Waals surface area contributed by atoms with E-state index in [0.717, 1.165) is 27.7 Å². The number of unbranched alkanes of at least 4 members (excludes halogenated alkanes) is 1. The van der Waals surface area contributed by atoms with Crippen molar-refractivity contribution < 1.29 is 4.74 Å². The minimum absolute atomic E-state index is 0.865. The first kappa shape index (κ1) is 12.0. The number of rotatable bonds is 5. The zero-order valence-corrected chi connectivity index (χ0v) is 11.0. The van der Waals surface area contributed by atoms with Crippen molar-refractivity contribution in [3.05, 3.63) is 29.3 Å². The molecule has 0 aliphatic carbocycles. The Balaban J connectivity index is 2.12. The molecule has 2 rings (SSSR count). The van der Waals surface area contributed by atoms with E-state index in [0.29, 0.717) is 0 Å². The molecule has 0 amide bonds. The van der Waals surface area contributed by atoms with Crippen molar-refractivity contribution in [3.63, 3.8) is 0 Å². The van der Waals surface area contributed by atoms with E-state index < -0.39 is 0 Å². The zero-order chi connectivity index (χ0) is 12.1. The molecule has 0 aliphatic rings. The smallest absolute Gasteiger partial charge is 0.147 e. The zero-order valence-electron chi connectivity index (χ0n) is 10.1. The van der Waals surface area contributed by atoms with E-state index in [4.69, 9.17) is 4.74 Å². The van der Waals surface area contributed by atoms with Crippen LogP contribution in [-0.4, -0.2) is 17.3 Å². The Kier molecular flexibility index (Phi) is 4.09. The molecule has 0 saturated heterocycles.